The van der Waals surface area contributed by atoms with E-state index in [1.807, 2.05) is 58.9 Å². The molecule has 2 aromatic heterocycles. The number of benzene rings is 1. The lowest BCUT2D eigenvalue weighted by molar-refractivity contribution is 0.0938. The van der Waals surface area contributed by atoms with E-state index in [9.17, 15) is 9.59 Å². The zero-order valence-electron chi connectivity index (χ0n) is 17.0. The van der Waals surface area contributed by atoms with Gasteiger partial charge in [-0.2, -0.15) is 0 Å². The number of aryl methyl sites for hydroxylation is 3. The standard InChI is InChI=1S/C22H26N4O2/c1-13(2)12-23-22(28)20-24-19(17-8-6-7-9-26(17)20)21(27)25-18-15(4)10-14(3)11-16(18)5/h6-11,13H,12H2,1-5H3,(H,23,28)(H,25,27). The van der Waals surface area contributed by atoms with Crippen molar-refractivity contribution in [3.8, 4) is 0 Å². The van der Waals surface area contributed by atoms with E-state index in [0.29, 0.717) is 18.0 Å². The van der Waals surface area contributed by atoms with Crippen molar-refractivity contribution in [2.45, 2.75) is 34.6 Å². The Labute approximate surface area is 165 Å². The summed E-state index contributed by atoms with van der Waals surface area (Å²) >= 11 is 0. The Bertz CT molecular complexity index is 1030. The molecule has 0 saturated carbocycles. The average molecular weight is 378 g/mol. The quantitative estimate of drug-likeness (QED) is 0.707. The van der Waals surface area contributed by atoms with Gasteiger partial charge in [-0.25, -0.2) is 4.98 Å². The second-order valence-corrected chi connectivity index (χ2v) is 7.57. The fourth-order valence-corrected chi connectivity index (χ4v) is 3.29. The minimum Gasteiger partial charge on any atom is -0.349 e. The molecule has 0 aliphatic rings. The van der Waals surface area contributed by atoms with Gasteiger partial charge in [-0.15, -0.1) is 0 Å². The molecule has 3 aromatic rings. The molecule has 1 aromatic carbocycles. The molecule has 0 fully saturated rings. The van der Waals surface area contributed by atoms with Crippen molar-refractivity contribution in [2.75, 3.05) is 11.9 Å². The summed E-state index contributed by atoms with van der Waals surface area (Å²) in [7, 11) is 0. The molecular weight excluding hydrogens is 352 g/mol. The van der Waals surface area contributed by atoms with Crippen LogP contribution in [0.15, 0.2) is 36.5 Å². The van der Waals surface area contributed by atoms with E-state index in [1.165, 1.54) is 0 Å². The lowest BCUT2D eigenvalue weighted by Gasteiger charge is -2.12. The van der Waals surface area contributed by atoms with Gasteiger partial charge in [0.15, 0.2) is 5.69 Å². The van der Waals surface area contributed by atoms with Crippen molar-refractivity contribution in [1.29, 1.82) is 0 Å². The van der Waals surface area contributed by atoms with Crippen LogP contribution in [0, 0.1) is 26.7 Å². The van der Waals surface area contributed by atoms with E-state index < -0.39 is 0 Å². The zero-order chi connectivity index (χ0) is 20.4. The number of pyridine rings is 1. The van der Waals surface area contributed by atoms with E-state index in [2.05, 4.69) is 15.6 Å². The van der Waals surface area contributed by atoms with E-state index in [1.54, 1.807) is 16.7 Å². The number of hydrogen-bond acceptors (Lipinski definition) is 3. The monoisotopic (exact) mass is 378 g/mol. The topological polar surface area (TPSA) is 75.5 Å². The lowest BCUT2D eigenvalue weighted by atomic mass is 10.0. The maximum Gasteiger partial charge on any atom is 0.287 e. The smallest absolute Gasteiger partial charge is 0.287 e. The van der Waals surface area contributed by atoms with Gasteiger partial charge in [0.1, 0.15) is 0 Å². The van der Waals surface area contributed by atoms with Crippen LogP contribution in [0.1, 0.15) is 51.6 Å². The van der Waals surface area contributed by atoms with Crippen LogP contribution in [0.2, 0.25) is 0 Å². The molecular formula is C22H26N4O2. The first-order valence-corrected chi connectivity index (χ1v) is 9.42. The van der Waals surface area contributed by atoms with Gasteiger partial charge in [0.2, 0.25) is 5.82 Å². The van der Waals surface area contributed by atoms with Gasteiger partial charge in [0.25, 0.3) is 11.8 Å². The third-order valence-electron chi connectivity index (χ3n) is 4.55. The number of hydrogen-bond donors (Lipinski definition) is 2. The van der Waals surface area contributed by atoms with Crippen LogP contribution in [0.3, 0.4) is 0 Å². The molecule has 0 unspecified atom stereocenters. The van der Waals surface area contributed by atoms with Gasteiger partial charge in [-0.1, -0.05) is 37.6 Å². The summed E-state index contributed by atoms with van der Waals surface area (Å²) < 4.78 is 1.65. The summed E-state index contributed by atoms with van der Waals surface area (Å²) in [5, 5.41) is 5.83. The molecule has 146 valence electrons. The SMILES string of the molecule is Cc1cc(C)c(NC(=O)c2nc(C(=O)NCC(C)C)n3ccccc23)c(C)c1. The average Bonchev–Trinajstić information content (AvgIpc) is 3.02. The van der Waals surface area contributed by atoms with Crippen molar-refractivity contribution in [3.63, 3.8) is 0 Å². The predicted octanol–water partition coefficient (Wildman–Crippen LogP) is 3.90. The molecule has 0 radical (unpaired) electrons. The predicted molar refractivity (Wildman–Crippen MR) is 111 cm³/mol. The van der Waals surface area contributed by atoms with Crippen LogP contribution in [-0.2, 0) is 0 Å². The first kappa shape index (κ1) is 19.6. The maximum absolute atomic E-state index is 13.0. The first-order chi connectivity index (χ1) is 13.3. The van der Waals surface area contributed by atoms with Crippen LogP contribution < -0.4 is 10.6 Å². The summed E-state index contributed by atoms with van der Waals surface area (Å²) in [6.45, 7) is 10.5. The first-order valence-electron chi connectivity index (χ1n) is 9.42. The summed E-state index contributed by atoms with van der Waals surface area (Å²) in [4.78, 5) is 30.0. The fraction of sp³-hybridized carbons (Fsp3) is 0.318. The van der Waals surface area contributed by atoms with Gasteiger partial charge < -0.3 is 10.6 Å². The Morgan fingerprint density at radius 1 is 1.07 bits per heavy atom. The highest BCUT2D eigenvalue weighted by Crippen LogP contribution is 2.23. The van der Waals surface area contributed by atoms with Crippen molar-refractivity contribution in [2.24, 2.45) is 5.92 Å². The minimum absolute atomic E-state index is 0.207. The summed E-state index contributed by atoms with van der Waals surface area (Å²) in [6.07, 6.45) is 1.74. The molecule has 0 aliphatic carbocycles. The van der Waals surface area contributed by atoms with Crippen molar-refractivity contribution in [3.05, 3.63) is 64.7 Å². The third kappa shape index (κ3) is 3.91. The van der Waals surface area contributed by atoms with Crippen molar-refractivity contribution < 1.29 is 9.59 Å². The number of rotatable bonds is 5. The zero-order valence-corrected chi connectivity index (χ0v) is 17.0. The highest BCUT2D eigenvalue weighted by molar-refractivity contribution is 6.09. The molecule has 3 rings (SSSR count). The number of anilines is 1. The van der Waals surface area contributed by atoms with Gasteiger partial charge in [0.05, 0.1) is 5.52 Å². The van der Waals surface area contributed by atoms with E-state index in [-0.39, 0.29) is 23.3 Å². The van der Waals surface area contributed by atoms with Crippen LogP contribution >= 0.6 is 0 Å². The molecule has 2 N–H and O–H groups in total. The maximum atomic E-state index is 13.0. The number of nitrogens with zero attached hydrogens (tertiary/aromatic N) is 2. The molecule has 0 spiro atoms. The Morgan fingerprint density at radius 3 is 2.39 bits per heavy atom. The number of amides is 2. The van der Waals surface area contributed by atoms with E-state index in [4.69, 9.17) is 0 Å². The highest BCUT2D eigenvalue weighted by Gasteiger charge is 2.22. The fourth-order valence-electron chi connectivity index (χ4n) is 3.29. The van der Waals surface area contributed by atoms with Crippen molar-refractivity contribution >= 4 is 23.0 Å². The Balaban J connectivity index is 1.97. The Hall–Kier alpha value is -3.15. The van der Waals surface area contributed by atoms with Crippen LogP contribution in [0.4, 0.5) is 5.69 Å². The summed E-state index contributed by atoms with van der Waals surface area (Å²) in [5.41, 5.74) is 4.73. The highest BCUT2D eigenvalue weighted by atomic mass is 16.2. The molecule has 2 amide bonds. The normalized spacial score (nSPS) is 11.1. The minimum atomic E-state index is -0.332. The number of fused-ring (bicyclic) bond motifs is 1. The van der Waals surface area contributed by atoms with Gasteiger partial charge in [-0.3, -0.25) is 14.0 Å². The molecule has 0 bridgehead atoms. The van der Waals surface area contributed by atoms with Gasteiger partial charge in [-0.05, 0) is 49.9 Å². The van der Waals surface area contributed by atoms with Crippen LogP contribution in [0.25, 0.3) is 5.52 Å². The summed E-state index contributed by atoms with van der Waals surface area (Å²) in [5.74, 6) is -0.0949. The molecule has 0 atom stereocenters. The number of aromatic nitrogens is 2. The Morgan fingerprint density at radius 2 is 1.75 bits per heavy atom. The van der Waals surface area contributed by atoms with Gasteiger partial charge >= 0.3 is 0 Å². The molecule has 6 heteroatoms. The number of imidazole rings is 1. The number of carbonyl (C=O) groups excluding carboxylic acids is 2. The molecule has 2 heterocycles. The van der Waals surface area contributed by atoms with Crippen LogP contribution in [-0.4, -0.2) is 27.7 Å². The van der Waals surface area contributed by atoms with Gasteiger partial charge in [0, 0.05) is 18.4 Å². The lowest BCUT2D eigenvalue weighted by Crippen LogP contribution is -2.29. The molecule has 28 heavy (non-hydrogen) atoms. The van der Waals surface area contributed by atoms with Crippen molar-refractivity contribution in [1.82, 2.24) is 14.7 Å². The second kappa shape index (κ2) is 7.84. The molecule has 6 nitrogen and oxygen atoms in total. The summed E-state index contributed by atoms with van der Waals surface area (Å²) in [6, 6.07) is 9.48. The number of carbonyl (C=O) groups is 2. The third-order valence-corrected chi connectivity index (χ3v) is 4.55. The molecule has 0 saturated heterocycles. The Kier molecular flexibility index (Phi) is 5.49. The van der Waals surface area contributed by atoms with E-state index >= 15 is 0 Å². The largest absolute Gasteiger partial charge is 0.349 e. The molecule has 0 aliphatic heterocycles. The second-order valence-electron chi connectivity index (χ2n) is 7.57. The van der Waals surface area contributed by atoms with E-state index in [0.717, 1.165) is 22.4 Å². The van der Waals surface area contributed by atoms with Crippen LogP contribution in [0.5, 0.6) is 0 Å². The number of nitrogens with one attached hydrogen (secondary N) is 2.